The van der Waals surface area contributed by atoms with E-state index < -0.39 is 10.0 Å². The largest absolute Gasteiger partial charge is 0.302 e. The van der Waals surface area contributed by atoms with Gasteiger partial charge < -0.3 is 4.90 Å². The van der Waals surface area contributed by atoms with Crippen LogP contribution in [0.3, 0.4) is 0 Å². The summed E-state index contributed by atoms with van der Waals surface area (Å²) in [6.07, 6.45) is 1.62. The van der Waals surface area contributed by atoms with E-state index in [0.717, 1.165) is 25.2 Å². The van der Waals surface area contributed by atoms with Gasteiger partial charge in [-0.15, -0.1) is 0 Å². The van der Waals surface area contributed by atoms with Crippen molar-refractivity contribution >= 4 is 16.1 Å². The van der Waals surface area contributed by atoms with Crippen molar-refractivity contribution < 1.29 is 8.42 Å². The zero-order chi connectivity index (χ0) is 14.6. The van der Waals surface area contributed by atoms with Crippen LogP contribution in [0.1, 0.15) is 19.4 Å². The van der Waals surface area contributed by atoms with Crippen molar-refractivity contribution in [3.8, 4) is 0 Å². The van der Waals surface area contributed by atoms with E-state index >= 15 is 0 Å². The first kappa shape index (κ1) is 15.2. The second-order valence-electron chi connectivity index (χ2n) is 5.31. The van der Waals surface area contributed by atoms with E-state index in [1.54, 1.807) is 6.08 Å². The Morgan fingerprint density at radius 2 is 2.00 bits per heavy atom. The van der Waals surface area contributed by atoms with Gasteiger partial charge in [-0.05, 0) is 24.1 Å². The minimum atomic E-state index is -3.38. The van der Waals surface area contributed by atoms with Crippen molar-refractivity contribution in [2.24, 2.45) is 5.92 Å². The molecular formula is C15H22N2O2S. The molecule has 0 saturated carbocycles. The Hall–Kier alpha value is -1.17. The van der Waals surface area contributed by atoms with Gasteiger partial charge in [0.25, 0.3) is 0 Å². The monoisotopic (exact) mass is 294 g/mol. The van der Waals surface area contributed by atoms with Gasteiger partial charge in [0.1, 0.15) is 0 Å². The summed E-state index contributed by atoms with van der Waals surface area (Å²) in [6, 6.07) is 9.44. The zero-order valence-electron chi connectivity index (χ0n) is 12.0. The molecule has 1 aliphatic rings. The number of likely N-dealkylation sites (tertiary alicyclic amines) is 1. The molecule has 0 amide bonds. The molecule has 0 aromatic heterocycles. The lowest BCUT2D eigenvalue weighted by Gasteiger charge is -2.15. The summed E-state index contributed by atoms with van der Waals surface area (Å²) in [5, 5.41) is 1.25. The maximum absolute atomic E-state index is 12.1. The Morgan fingerprint density at radius 3 is 2.60 bits per heavy atom. The van der Waals surface area contributed by atoms with Crippen LogP contribution < -0.4 is 4.72 Å². The van der Waals surface area contributed by atoms with Gasteiger partial charge in [0, 0.05) is 24.5 Å². The van der Waals surface area contributed by atoms with E-state index in [-0.39, 0.29) is 6.04 Å². The molecule has 1 fully saturated rings. The van der Waals surface area contributed by atoms with Crippen LogP contribution in [0.2, 0.25) is 0 Å². The van der Waals surface area contributed by atoms with Gasteiger partial charge in [0.2, 0.25) is 10.0 Å². The Balaban J connectivity index is 2.00. The van der Waals surface area contributed by atoms with Crippen LogP contribution in [0.5, 0.6) is 0 Å². The minimum absolute atomic E-state index is 0.000346. The molecule has 20 heavy (non-hydrogen) atoms. The van der Waals surface area contributed by atoms with Gasteiger partial charge in [0.15, 0.2) is 0 Å². The van der Waals surface area contributed by atoms with Gasteiger partial charge in [-0.3, -0.25) is 0 Å². The third kappa shape index (κ3) is 4.16. The summed E-state index contributed by atoms with van der Waals surface area (Å²) in [5.74, 6) is 0.342. The molecule has 1 saturated heterocycles. The lowest BCUT2D eigenvalue weighted by Crippen LogP contribution is -2.38. The molecule has 1 aromatic carbocycles. The van der Waals surface area contributed by atoms with E-state index in [4.69, 9.17) is 0 Å². The molecule has 5 heteroatoms. The molecule has 0 bridgehead atoms. The third-order valence-electron chi connectivity index (χ3n) is 3.69. The number of hydrogen-bond acceptors (Lipinski definition) is 3. The number of hydrogen-bond donors (Lipinski definition) is 1. The SMILES string of the molecule is CCN1CC(C)C(NS(=O)(=O)C=Cc2ccccc2)C1. The lowest BCUT2D eigenvalue weighted by molar-refractivity contribution is 0.344. The van der Waals surface area contributed by atoms with Crippen molar-refractivity contribution in [2.45, 2.75) is 19.9 Å². The predicted molar refractivity (Wildman–Crippen MR) is 82.6 cm³/mol. The highest BCUT2D eigenvalue weighted by atomic mass is 32.2. The number of sulfonamides is 1. The fourth-order valence-electron chi connectivity index (χ4n) is 2.46. The number of benzene rings is 1. The summed E-state index contributed by atoms with van der Waals surface area (Å²) in [7, 11) is -3.38. The molecular weight excluding hydrogens is 272 g/mol. The van der Waals surface area contributed by atoms with Crippen molar-refractivity contribution in [1.29, 1.82) is 0 Å². The average molecular weight is 294 g/mol. The maximum Gasteiger partial charge on any atom is 0.234 e. The third-order valence-corrected chi connectivity index (χ3v) is 4.82. The standard InChI is InChI=1S/C15H22N2O2S/c1-3-17-11-13(2)15(12-17)16-20(18,19)10-9-14-7-5-4-6-8-14/h4-10,13,15-16H,3,11-12H2,1-2H3. The van der Waals surface area contributed by atoms with Gasteiger partial charge in [-0.2, -0.15) is 0 Å². The van der Waals surface area contributed by atoms with Crippen LogP contribution in [-0.4, -0.2) is 39.0 Å². The van der Waals surface area contributed by atoms with Crippen LogP contribution in [0.15, 0.2) is 35.7 Å². The average Bonchev–Trinajstić information content (AvgIpc) is 2.78. The van der Waals surface area contributed by atoms with E-state index in [1.165, 1.54) is 5.41 Å². The van der Waals surface area contributed by atoms with Crippen LogP contribution in [-0.2, 0) is 10.0 Å². The van der Waals surface area contributed by atoms with Crippen LogP contribution in [0, 0.1) is 5.92 Å². The van der Waals surface area contributed by atoms with Crippen molar-refractivity contribution in [1.82, 2.24) is 9.62 Å². The fourth-order valence-corrected chi connectivity index (χ4v) is 3.61. The Labute approximate surface area is 121 Å². The van der Waals surface area contributed by atoms with Crippen molar-refractivity contribution in [3.63, 3.8) is 0 Å². The first-order valence-electron chi connectivity index (χ1n) is 6.98. The quantitative estimate of drug-likeness (QED) is 0.902. The molecule has 4 nitrogen and oxygen atoms in total. The number of nitrogens with one attached hydrogen (secondary N) is 1. The summed E-state index contributed by atoms with van der Waals surface area (Å²) >= 11 is 0. The molecule has 1 N–H and O–H groups in total. The number of nitrogens with zero attached hydrogens (tertiary/aromatic N) is 1. The molecule has 0 spiro atoms. The molecule has 1 heterocycles. The number of rotatable bonds is 5. The highest BCUT2D eigenvalue weighted by molar-refractivity contribution is 7.92. The van der Waals surface area contributed by atoms with Crippen LogP contribution >= 0.6 is 0 Å². The topological polar surface area (TPSA) is 49.4 Å². The van der Waals surface area contributed by atoms with Crippen LogP contribution in [0.4, 0.5) is 0 Å². The molecule has 110 valence electrons. The van der Waals surface area contributed by atoms with Gasteiger partial charge in [-0.1, -0.05) is 44.2 Å². The Bertz CT molecular complexity index is 554. The summed E-state index contributed by atoms with van der Waals surface area (Å²) in [6.45, 7) is 6.88. The van der Waals surface area contributed by atoms with Crippen molar-refractivity contribution in [2.75, 3.05) is 19.6 Å². The first-order chi connectivity index (χ1) is 9.50. The van der Waals surface area contributed by atoms with Gasteiger partial charge >= 0.3 is 0 Å². The molecule has 2 rings (SSSR count). The molecule has 0 aliphatic carbocycles. The molecule has 2 atom stereocenters. The smallest absolute Gasteiger partial charge is 0.234 e. The summed E-state index contributed by atoms with van der Waals surface area (Å²) in [4.78, 5) is 2.26. The fraction of sp³-hybridized carbons (Fsp3) is 0.467. The van der Waals surface area contributed by atoms with Gasteiger partial charge in [0.05, 0.1) is 0 Å². The normalized spacial score (nSPS) is 24.5. The predicted octanol–water partition coefficient (Wildman–Crippen LogP) is 1.92. The maximum atomic E-state index is 12.1. The summed E-state index contributed by atoms with van der Waals surface area (Å²) in [5.41, 5.74) is 0.882. The number of likely N-dealkylation sites (N-methyl/N-ethyl adjacent to an activating group) is 1. The van der Waals surface area contributed by atoms with Gasteiger partial charge in [-0.25, -0.2) is 13.1 Å². The molecule has 1 aliphatic heterocycles. The Morgan fingerprint density at radius 1 is 1.30 bits per heavy atom. The molecule has 0 radical (unpaired) electrons. The second kappa shape index (κ2) is 6.52. The zero-order valence-corrected chi connectivity index (χ0v) is 12.8. The molecule has 2 unspecified atom stereocenters. The lowest BCUT2D eigenvalue weighted by atomic mass is 10.1. The Kier molecular flexibility index (Phi) is 4.96. The van der Waals surface area contributed by atoms with E-state index in [0.29, 0.717) is 5.92 Å². The summed E-state index contributed by atoms with van der Waals surface area (Å²) < 4.78 is 27.0. The van der Waals surface area contributed by atoms with E-state index in [2.05, 4.69) is 23.5 Å². The van der Waals surface area contributed by atoms with E-state index in [1.807, 2.05) is 30.3 Å². The highest BCUT2D eigenvalue weighted by Crippen LogP contribution is 2.17. The van der Waals surface area contributed by atoms with Crippen LogP contribution in [0.25, 0.3) is 6.08 Å². The highest BCUT2D eigenvalue weighted by Gasteiger charge is 2.30. The first-order valence-corrected chi connectivity index (χ1v) is 8.52. The van der Waals surface area contributed by atoms with E-state index in [9.17, 15) is 8.42 Å². The molecule has 1 aromatic rings. The second-order valence-corrected chi connectivity index (χ2v) is 6.91. The minimum Gasteiger partial charge on any atom is -0.302 e. The van der Waals surface area contributed by atoms with Crippen molar-refractivity contribution in [3.05, 3.63) is 41.3 Å².